The number of hydrogen-bond donors (Lipinski definition) is 4. The lowest BCUT2D eigenvalue weighted by atomic mass is 10.2. The molecule has 0 aliphatic rings. The molecular weight excluding hydrogens is 440 g/mol. The third-order valence-corrected chi connectivity index (χ3v) is 5.42. The zero-order valence-electron chi connectivity index (χ0n) is 16.2. The maximum Gasteiger partial charge on any atom is 0.263 e. The number of aromatic nitrogens is 1. The molecule has 3 rings (SSSR count). The highest BCUT2D eigenvalue weighted by Gasteiger charge is 2.16. The summed E-state index contributed by atoms with van der Waals surface area (Å²) < 4.78 is 31.9. The van der Waals surface area contributed by atoms with E-state index >= 15 is 0 Å². The fourth-order valence-electron chi connectivity index (χ4n) is 2.40. The molecule has 0 aliphatic carbocycles. The van der Waals surface area contributed by atoms with Crippen molar-refractivity contribution < 1.29 is 22.8 Å². The predicted molar refractivity (Wildman–Crippen MR) is 120 cm³/mol. The first-order valence-corrected chi connectivity index (χ1v) is 10.8. The van der Waals surface area contributed by atoms with Crippen LogP contribution in [0.5, 0.6) is 5.75 Å². The van der Waals surface area contributed by atoms with Gasteiger partial charge in [-0.1, -0.05) is 17.3 Å². The Bertz CT molecular complexity index is 1220. The van der Waals surface area contributed by atoms with Crippen LogP contribution in [-0.2, 0) is 14.8 Å². The zero-order chi connectivity index (χ0) is 22.4. The van der Waals surface area contributed by atoms with Gasteiger partial charge in [-0.3, -0.25) is 14.8 Å². The normalized spacial score (nSPS) is 11.3. The Morgan fingerprint density at radius 3 is 2.42 bits per heavy atom. The topological polar surface area (TPSA) is 134 Å². The van der Waals surface area contributed by atoms with E-state index in [-0.39, 0.29) is 21.6 Å². The summed E-state index contributed by atoms with van der Waals surface area (Å²) in [5, 5.41) is 18.2. The molecule has 0 saturated carbocycles. The van der Waals surface area contributed by atoms with Crippen LogP contribution < -0.4 is 15.4 Å². The lowest BCUT2D eigenvalue weighted by molar-refractivity contribution is -0.115. The Labute approximate surface area is 183 Å². The number of amides is 1. The van der Waals surface area contributed by atoms with E-state index in [1.165, 1.54) is 48.5 Å². The highest BCUT2D eigenvalue weighted by atomic mass is 32.2. The molecule has 0 radical (unpaired) electrons. The Balaban J connectivity index is 1.55. The molecule has 0 atom stereocenters. The van der Waals surface area contributed by atoms with E-state index in [1.807, 2.05) is 0 Å². The number of hydrogen-bond acceptors (Lipinski definition) is 7. The van der Waals surface area contributed by atoms with E-state index in [9.17, 15) is 18.3 Å². The number of aryl methyl sites for hydroxylation is 1. The molecule has 1 amide bonds. The number of phenolic OH excluding ortho intramolecular Hbond substituents is 1. The summed E-state index contributed by atoms with van der Waals surface area (Å²) in [5.41, 5.74) is 1.22. The van der Waals surface area contributed by atoms with E-state index in [4.69, 9.17) is 16.7 Å². The molecule has 0 spiro atoms. The lowest BCUT2D eigenvalue weighted by Gasteiger charge is -2.09. The molecule has 1 heterocycles. The number of benzene rings is 2. The molecule has 9 nitrogen and oxygen atoms in total. The van der Waals surface area contributed by atoms with Crippen molar-refractivity contribution >= 4 is 50.8 Å². The van der Waals surface area contributed by atoms with Crippen molar-refractivity contribution in [2.45, 2.75) is 11.8 Å². The SMILES string of the molecule is Cc1cc(NS(=O)(=O)c2ccc(NC(=S)NC(=O)/C=C/c3ccc(O)cc3)cc2)no1. The molecule has 2 aromatic carbocycles. The van der Waals surface area contributed by atoms with E-state index in [0.717, 1.165) is 5.56 Å². The van der Waals surface area contributed by atoms with Gasteiger partial charge < -0.3 is 14.9 Å². The molecule has 0 aliphatic heterocycles. The van der Waals surface area contributed by atoms with Crippen LogP contribution in [0.15, 0.2) is 70.1 Å². The Morgan fingerprint density at radius 1 is 1.13 bits per heavy atom. The Hall–Kier alpha value is -3.70. The zero-order valence-corrected chi connectivity index (χ0v) is 17.8. The molecule has 160 valence electrons. The largest absolute Gasteiger partial charge is 0.508 e. The van der Waals surface area contributed by atoms with Crippen molar-refractivity contribution in [3.63, 3.8) is 0 Å². The minimum Gasteiger partial charge on any atom is -0.508 e. The van der Waals surface area contributed by atoms with Gasteiger partial charge in [0.2, 0.25) is 5.91 Å². The van der Waals surface area contributed by atoms with Gasteiger partial charge in [0.05, 0.1) is 4.90 Å². The Kier molecular flexibility index (Phi) is 6.68. The number of rotatable bonds is 6. The summed E-state index contributed by atoms with van der Waals surface area (Å²) in [5.74, 6) is 0.251. The van der Waals surface area contributed by atoms with Gasteiger partial charge in [0.15, 0.2) is 10.9 Å². The third-order valence-electron chi connectivity index (χ3n) is 3.85. The number of carbonyl (C=O) groups excluding carboxylic acids is 1. The first kappa shape index (κ1) is 22.0. The second kappa shape index (κ2) is 9.41. The number of carbonyl (C=O) groups is 1. The van der Waals surface area contributed by atoms with E-state index in [2.05, 4.69) is 20.5 Å². The molecule has 0 saturated heterocycles. The molecule has 4 N–H and O–H groups in total. The van der Waals surface area contributed by atoms with E-state index in [0.29, 0.717) is 11.4 Å². The van der Waals surface area contributed by atoms with E-state index < -0.39 is 15.9 Å². The van der Waals surface area contributed by atoms with Crippen LogP contribution in [-0.4, -0.2) is 29.7 Å². The second-order valence-corrected chi connectivity index (χ2v) is 8.41. The molecule has 0 unspecified atom stereocenters. The molecule has 0 fully saturated rings. The number of phenols is 1. The molecule has 11 heteroatoms. The highest BCUT2D eigenvalue weighted by Crippen LogP contribution is 2.18. The van der Waals surface area contributed by atoms with Gasteiger partial charge in [0.1, 0.15) is 11.5 Å². The first-order valence-electron chi connectivity index (χ1n) is 8.86. The number of sulfonamides is 1. The van der Waals surface area contributed by atoms with Crippen LogP contribution >= 0.6 is 12.2 Å². The van der Waals surface area contributed by atoms with Gasteiger partial charge >= 0.3 is 0 Å². The van der Waals surface area contributed by atoms with Gasteiger partial charge in [-0.05, 0) is 67.2 Å². The number of nitrogens with one attached hydrogen (secondary N) is 3. The van der Waals surface area contributed by atoms with Gasteiger partial charge in [-0.2, -0.15) is 0 Å². The first-order chi connectivity index (χ1) is 14.7. The van der Waals surface area contributed by atoms with Crippen molar-refractivity contribution in [3.8, 4) is 5.75 Å². The summed E-state index contributed by atoms with van der Waals surface area (Å²) in [4.78, 5) is 12.0. The van der Waals surface area contributed by atoms with Crippen LogP contribution in [0.2, 0.25) is 0 Å². The minimum atomic E-state index is -3.83. The van der Waals surface area contributed by atoms with Crippen molar-refractivity contribution in [1.82, 2.24) is 10.5 Å². The molecule has 0 bridgehead atoms. The van der Waals surface area contributed by atoms with Crippen molar-refractivity contribution in [2.75, 3.05) is 10.0 Å². The van der Waals surface area contributed by atoms with E-state index in [1.54, 1.807) is 25.1 Å². The van der Waals surface area contributed by atoms with Crippen LogP contribution in [0, 0.1) is 6.92 Å². The lowest BCUT2D eigenvalue weighted by Crippen LogP contribution is -2.32. The number of anilines is 2. The molecule has 31 heavy (non-hydrogen) atoms. The number of thiocarbonyl (C=S) groups is 1. The standard InChI is InChI=1S/C20H18N4O5S2/c1-13-12-18(23-29-13)24-31(27,28)17-9-5-15(6-10-17)21-20(30)22-19(26)11-4-14-2-7-16(25)8-3-14/h2-12,25H,1H3,(H,23,24)(H2,21,22,26,30)/b11-4+. The summed E-state index contributed by atoms with van der Waals surface area (Å²) in [6, 6.07) is 13.6. The fraction of sp³-hybridized carbons (Fsp3) is 0.0500. The Morgan fingerprint density at radius 2 is 1.81 bits per heavy atom. The highest BCUT2D eigenvalue weighted by molar-refractivity contribution is 7.92. The van der Waals surface area contributed by atoms with Crippen LogP contribution in [0.4, 0.5) is 11.5 Å². The quantitative estimate of drug-likeness (QED) is 0.327. The fourth-order valence-corrected chi connectivity index (χ4v) is 3.60. The minimum absolute atomic E-state index is 0.0190. The molecular formula is C20H18N4O5S2. The van der Waals surface area contributed by atoms with Crippen molar-refractivity contribution in [1.29, 1.82) is 0 Å². The summed E-state index contributed by atoms with van der Waals surface area (Å²) in [6.45, 7) is 1.65. The van der Waals surface area contributed by atoms with Crippen molar-refractivity contribution in [3.05, 3.63) is 72.0 Å². The van der Waals surface area contributed by atoms with Gasteiger partial charge in [0.25, 0.3) is 10.0 Å². The summed E-state index contributed by atoms with van der Waals surface area (Å²) in [7, 11) is -3.83. The van der Waals surface area contributed by atoms with Crippen LogP contribution in [0.1, 0.15) is 11.3 Å². The average Bonchev–Trinajstić information content (AvgIpc) is 3.11. The molecule has 3 aromatic rings. The van der Waals surface area contributed by atoms with Crippen molar-refractivity contribution in [2.24, 2.45) is 0 Å². The van der Waals surface area contributed by atoms with Gasteiger partial charge in [0, 0.05) is 17.8 Å². The van der Waals surface area contributed by atoms with Gasteiger partial charge in [-0.25, -0.2) is 8.42 Å². The predicted octanol–water partition coefficient (Wildman–Crippen LogP) is 3.02. The van der Waals surface area contributed by atoms with Gasteiger partial charge in [-0.15, -0.1) is 0 Å². The maximum absolute atomic E-state index is 12.4. The monoisotopic (exact) mass is 458 g/mol. The smallest absolute Gasteiger partial charge is 0.263 e. The second-order valence-electron chi connectivity index (χ2n) is 6.32. The maximum atomic E-state index is 12.4. The average molecular weight is 459 g/mol. The summed E-state index contributed by atoms with van der Waals surface area (Å²) >= 11 is 5.10. The van der Waals surface area contributed by atoms with Crippen LogP contribution in [0.25, 0.3) is 6.08 Å². The third kappa shape index (κ3) is 6.39. The van der Waals surface area contributed by atoms with Crippen LogP contribution in [0.3, 0.4) is 0 Å². The molecule has 1 aromatic heterocycles. The number of aromatic hydroxyl groups is 1. The number of nitrogens with zero attached hydrogens (tertiary/aromatic N) is 1. The summed E-state index contributed by atoms with van der Waals surface area (Å²) in [6.07, 6.45) is 2.87.